The number of methoxy groups -OCH3 is 1. The molecule has 1 atom stereocenters. The number of thioether (sulfide) groups is 1. The van der Waals surface area contributed by atoms with Crippen LogP contribution >= 0.6 is 11.8 Å². The van der Waals surface area contributed by atoms with Crippen LogP contribution in [0.25, 0.3) is 0 Å². The van der Waals surface area contributed by atoms with Gasteiger partial charge in [-0.05, 0) is 55.9 Å². The van der Waals surface area contributed by atoms with Crippen LogP contribution in [-0.2, 0) is 9.53 Å². The molecular formula is C14H18O2S. The van der Waals surface area contributed by atoms with E-state index in [-0.39, 0.29) is 11.2 Å². The molecule has 0 amide bonds. The Hall–Kier alpha value is -0.960. The van der Waals surface area contributed by atoms with Crippen molar-refractivity contribution in [1.29, 1.82) is 0 Å². The van der Waals surface area contributed by atoms with Crippen LogP contribution in [0.15, 0.2) is 23.1 Å². The van der Waals surface area contributed by atoms with E-state index < -0.39 is 0 Å². The summed E-state index contributed by atoms with van der Waals surface area (Å²) in [7, 11) is 1.47. The predicted molar refractivity (Wildman–Crippen MR) is 70.3 cm³/mol. The summed E-state index contributed by atoms with van der Waals surface area (Å²) in [5.41, 5.74) is 2.56. The monoisotopic (exact) mass is 250 g/mol. The topological polar surface area (TPSA) is 26.3 Å². The Morgan fingerprint density at radius 2 is 2.06 bits per heavy atom. The second-order valence-corrected chi connectivity index (χ2v) is 5.86. The minimum absolute atomic E-state index is 0.0258. The fourth-order valence-electron chi connectivity index (χ4n) is 1.79. The molecular weight excluding hydrogens is 232 g/mol. The maximum atomic E-state index is 11.7. The molecule has 1 saturated carbocycles. The molecule has 0 aromatic heterocycles. The van der Waals surface area contributed by atoms with Crippen molar-refractivity contribution in [2.45, 2.75) is 36.8 Å². The molecule has 1 fully saturated rings. The number of hydrogen-bond donors (Lipinski definition) is 0. The molecule has 1 aliphatic carbocycles. The van der Waals surface area contributed by atoms with Crippen molar-refractivity contribution in [2.75, 3.05) is 7.11 Å². The molecule has 2 nitrogen and oxygen atoms in total. The standard InChI is InChI=1S/C14H18O2S/c1-9-4-7-12(8-10(9)2)17-13(11-5-6-11)14(15)16-3/h4,7-8,11,13H,5-6H2,1-3H3. The normalized spacial score (nSPS) is 16.6. The largest absolute Gasteiger partial charge is 0.468 e. The Bertz CT molecular complexity index is 424. The Morgan fingerprint density at radius 1 is 1.35 bits per heavy atom. The number of carbonyl (C=O) groups is 1. The van der Waals surface area contributed by atoms with Crippen LogP contribution in [-0.4, -0.2) is 18.3 Å². The predicted octanol–water partition coefficient (Wildman–Crippen LogP) is 3.35. The van der Waals surface area contributed by atoms with Crippen molar-refractivity contribution in [1.82, 2.24) is 0 Å². The van der Waals surface area contributed by atoms with Crippen LogP contribution in [0.5, 0.6) is 0 Å². The highest BCUT2D eigenvalue weighted by Crippen LogP contribution is 2.42. The highest BCUT2D eigenvalue weighted by Gasteiger charge is 2.37. The lowest BCUT2D eigenvalue weighted by atomic mass is 10.1. The fourth-order valence-corrected chi connectivity index (χ4v) is 3.13. The van der Waals surface area contributed by atoms with Gasteiger partial charge < -0.3 is 4.74 Å². The summed E-state index contributed by atoms with van der Waals surface area (Å²) in [5.74, 6) is 0.421. The highest BCUT2D eigenvalue weighted by atomic mass is 32.2. The second kappa shape index (κ2) is 5.13. The van der Waals surface area contributed by atoms with Gasteiger partial charge in [0, 0.05) is 4.90 Å². The Kier molecular flexibility index (Phi) is 3.77. The Morgan fingerprint density at radius 3 is 2.59 bits per heavy atom. The molecule has 0 heterocycles. The van der Waals surface area contributed by atoms with Crippen molar-refractivity contribution >= 4 is 17.7 Å². The summed E-state index contributed by atoms with van der Waals surface area (Å²) >= 11 is 1.64. The first-order valence-electron chi connectivity index (χ1n) is 5.93. The van der Waals surface area contributed by atoms with Gasteiger partial charge in [-0.2, -0.15) is 0 Å². The van der Waals surface area contributed by atoms with Crippen LogP contribution in [0.4, 0.5) is 0 Å². The van der Waals surface area contributed by atoms with Crippen molar-refractivity contribution in [3.8, 4) is 0 Å². The second-order valence-electron chi connectivity index (χ2n) is 4.65. The van der Waals surface area contributed by atoms with Gasteiger partial charge in [-0.15, -0.1) is 11.8 Å². The van der Waals surface area contributed by atoms with Crippen LogP contribution in [0.1, 0.15) is 24.0 Å². The van der Waals surface area contributed by atoms with Crippen LogP contribution in [0, 0.1) is 19.8 Å². The zero-order valence-electron chi connectivity index (χ0n) is 10.5. The summed E-state index contributed by atoms with van der Waals surface area (Å²) < 4.78 is 4.88. The highest BCUT2D eigenvalue weighted by molar-refractivity contribution is 8.00. The molecule has 1 aliphatic rings. The molecule has 0 aliphatic heterocycles. The molecule has 0 spiro atoms. The summed E-state index contributed by atoms with van der Waals surface area (Å²) in [5, 5.41) is -0.0258. The average Bonchev–Trinajstić information content (AvgIpc) is 3.13. The van der Waals surface area contributed by atoms with E-state index in [1.165, 1.54) is 18.2 Å². The van der Waals surface area contributed by atoms with E-state index in [1.807, 2.05) is 0 Å². The van der Waals surface area contributed by atoms with Gasteiger partial charge in [-0.1, -0.05) is 6.07 Å². The third-order valence-corrected chi connectivity index (χ3v) is 4.58. The molecule has 0 bridgehead atoms. The summed E-state index contributed by atoms with van der Waals surface area (Å²) in [6.07, 6.45) is 2.30. The van der Waals surface area contributed by atoms with Crippen LogP contribution in [0.3, 0.4) is 0 Å². The minimum Gasteiger partial charge on any atom is -0.468 e. The Labute approximate surface area is 107 Å². The third kappa shape index (κ3) is 3.03. The number of esters is 1. The quantitative estimate of drug-likeness (QED) is 0.605. The van der Waals surface area contributed by atoms with Crippen molar-refractivity contribution in [3.63, 3.8) is 0 Å². The number of ether oxygens (including phenoxy) is 1. The fraction of sp³-hybridized carbons (Fsp3) is 0.500. The van der Waals surface area contributed by atoms with Gasteiger partial charge >= 0.3 is 5.97 Å². The third-order valence-electron chi connectivity index (χ3n) is 3.23. The lowest BCUT2D eigenvalue weighted by Gasteiger charge is -2.14. The molecule has 0 saturated heterocycles. The van der Waals surface area contributed by atoms with E-state index in [2.05, 4.69) is 32.0 Å². The van der Waals surface area contributed by atoms with Gasteiger partial charge in [-0.25, -0.2) is 0 Å². The number of carbonyl (C=O) groups excluding carboxylic acids is 1. The number of aryl methyl sites for hydroxylation is 2. The first-order valence-corrected chi connectivity index (χ1v) is 6.81. The summed E-state index contributed by atoms with van der Waals surface area (Å²) in [6, 6.07) is 6.35. The zero-order chi connectivity index (χ0) is 12.4. The molecule has 17 heavy (non-hydrogen) atoms. The lowest BCUT2D eigenvalue weighted by molar-refractivity contribution is -0.140. The van der Waals surface area contributed by atoms with E-state index in [1.54, 1.807) is 11.8 Å². The van der Waals surface area contributed by atoms with E-state index >= 15 is 0 Å². The van der Waals surface area contributed by atoms with E-state index in [4.69, 9.17) is 4.74 Å². The van der Waals surface area contributed by atoms with Gasteiger partial charge in [0.2, 0.25) is 0 Å². The van der Waals surface area contributed by atoms with Gasteiger partial charge in [0.1, 0.15) is 5.25 Å². The maximum Gasteiger partial charge on any atom is 0.319 e. The van der Waals surface area contributed by atoms with Crippen LogP contribution < -0.4 is 0 Å². The molecule has 2 rings (SSSR count). The molecule has 1 unspecified atom stereocenters. The van der Waals surface area contributed by atoms with Crippen molar-refractivity contribution in [3.05, 3.63) is 29.3 Å². The van der Waals surface area contributed by atoms with Crippen molar-refractivity contribution < 1.29 is 9.53 Å². The van der Waals surface area contributed by atoms with E-state index in [9.17, 15) is 4.79 Å². The molecule has 3 heteroatoms. The maximum absolute atomic E-state index is 11.7. The molecule has 1 aromatic rings. The number of hydrogen-bond acceptors (Lipinski definition) is 3. The van der Waals surface area contributed by atoms with Gasteiger partial charge in [0.05, 0.1) is 7.11 Å². The molecule has 0 radical (unpaired) electrons. The SMILES string of the molecule is COC(=O)C(Sc1ccc(C)c(C)c1)C1CC1. The van der Waals surface area contributed by atoms with E-state index in [0.29, 0.717) is 5.92 Å². The smallest absolute Gasteiger partial charge is 0.319 e. The van der Waals surface area contributed by atoms with E-state index in [0.717, 1.165) is 17.7 Å². The first-order chi connectivity index (χ1) is 8.11. The molecule has 92 valence electrons. The Balaban J connectivity index is 2.11. The summed E-state index contributed by atoms with van der Waals surface area (Å²) in [6.45, 7) is 4.20. The van der Waals surface area contributed by atoms with Gasteiger partial charge in [-0.3, -0.25) is 4.79 Å². The average molecular weight is 250 g/mol. The van der Waals surface area contributed by atoms with Crippen LogP contribution in [0.2, 0.25) is 0 Å². The van der Waals surface area contributed by atoms with Gasteiger partial charge in [0.15, 0.2) is 0 Å². The van der Waals surface area contributed by atoms with Gasteiger partial charge in [0.25, 0.3) is 0 Å². The van der Waals surface area contributed by atoms with Crippen molar-refractivity contribution in [2.24, 2.45) is 5.92 Å². The number of benzene rings is 1. The molecule has 1 aromatic carbocycles. The number of rotatable bonds is 4. The summed E-state index contributed by atoms with van der Waals surface area (Å²) in [4.78, 5) is 12.9. The minimum atomic E-state index is -0.0873. The molecule has 0 N–H and O–H groups in total. The lowest BCUT2D eigenvalue weighted by Crippen LogP contribution is -2.20. The first kappa shape index (κ1) is 12.5. The zero-order valence-corrected chi connectivity index (χ0v) is 11.3.